The number of nitrogens with zero attached hydrogens (tertiary/aromatic N) is 4. The molecule has 0 unspecified atom stereocenters. The van der Waals surface area contributed by atoms with E-state index in [9.17, 15) is 15.3 Å². The Morgan fingerprint density at radius 3 is 2.73 bits per heavy atom. The summed E-state index contributed by atoms with van der Waals surface area (Å²) in [6.45, 7) is -0.368. The fraction of sp³-hybridized carbons (Fsp3) is 0.706. The summed E-state index contributed by atoms with van der Waals surface area (Å²) in [5.41, 5.74) is 1.15. The molecule has 3 fully saturated rings. The van der Waals surface area contributed by atoms with Crippen molar-refractivity contribution in [3.63, 3.8) is 0 Å². The molecule has 9 heteroatoms. The number of anilines is 1. The van der Waals surface area contributed by atoms with Crippen LogP contribution < -0.4 is 5.32 Å². The molecule has 2 saturated carbocycles. The fourth-order valence-corrected chi connectivity index (χ4v) is 4.85. The third-order valence-electron chi connectivity index (χ3n) is 6.21. The summed E-state index contributed by atoms with van der Waals surface area (Å²) in [7, 11) is 0. The van der Waals surface area contributed by atoms with Crippen molar-refractivity contribution in [2.75, 3.05) is 11.9 Å². The summed E-state index contributed by atoms with van der Waals surface area (Å²) in [6, 6.07) is 0.422. The summed E-state index contributed by atoms with van der Waals surface area (Å²) in [5, 5.41) is 33.1. The van der Waals surface area contributed by atoms with Gasteiger partial charge in [-0.1, -0.05) is 6.42 Å². The van der Waals surface area contributed by atoms with Crippen LogP contribution in [-0.4, -0.2) is 65.8 Å². The number of aromatic nitrogens is 4. The molecule has 9 nitrogen and oxygen atoms in total. The second kappa shape index (κ2) is 6.12. The van der Waals surface area contributed by atoms with Gasteiger partial charge in [0, 0.05) is 6.04 Å². The van der Waals surface area contributed by atoms with Crippen LogP contribution >= 0.6 is 0 Å². The molecule has 2 aromatic rings. The van der Waals surface area contributed by atoms with Crippen LogP contribution in [0, 0.1) is 11.8 Å². The van der Waals surface area contributed by atoms with Crippen molar-refractivity contribution in [1.82, 2.24) is 19.5 Å². The minimum absolute atomic E-state index is 0.368. The number of nitrogens with one attached hydrogen (secondary N) is 1. The third-order valence-corrected chi connectivity index (χ3v) is 6.21. The normalized spacial score (nSPS) is 39.1. The van der Waals surface area contributed by atoms with Crippen molar-refractivity contribution in [2.45, 2.75) is 56.3 Å². The smallest absolute Gasteiger partial charge is 0.167 e. The number of hydrogen-bond acceptors (Lipinski definition) is 8. The zero-order valence-electron chi connectivity index (χ0n) is 14.3. The Labute approximate surface area is 150 Å². The second-order valence-corrected chi connectivity index (χ2v) is 7.70. The lowest BCUT2D eigenvalue weighted by atomic mass is 9.95. The molecular formula is C17H23N5O4. The van der Waals surface area contributed by atoms with E-state index in [2.05, 4.69) is 20.3 Å². The standard InChI is InChI=1S/C17H23N5O4/c23-5-11-13(24)14(25)17(26-11)22-7-20-12-15(18-6-19-16(12)22)21-10-4-8-1-2-9(10)3-8/h6-11,13-14,17,23-25H,1-5H2,(H,18,19,21)/t8-,9+,10+,11-,13-,14-,17-/m1/s1. The highest BCUT2D eigenvalue weighted by Crippen LogP contribution is 2.45. The number of aliphatic hydroxyl groups is 3. The number of hydrogen-bond donors (Lipinski definition) is 4. The molecule has 1 aliphatic heterocycles. The largest absolute Gasteiger partial charge is 0.394 e. The lowest BCUT2D eigenvalue weighted by molar-refractivity contribution is -0.0511. The molecule has 0 amide bonds. The van der Waals surface area contributed by atoms with Gasteiger partial charge in [0.2, 0.25) is 0 Å². The monoisotopic (exact) mass is 361 g/mol. The maximum atomic E-state index is 10.3. The van der Waals surface area contributed by atoms with Crippen molar-refractivity contribution in [1.29, 1.82) is 0 Å². The van der Waals surface area contributed by atoms with Crippen LogP contribution in [0.5, 0.6) is 0 Å². The van der Waals surface area contributed by atoms with Gasteiger partial charge < -0.3 is 25.4 Å². The van der Waals surface area contributed by atoms with Crippen LogP contribution in [0.25, 0.3) is 11.2 Å². The maximum Gasteiger partial charge on any atom is 0.167 e. The zero-order chi connectivity index (χ0) is 17.8. The fourth-order valence-electron chi connectivity index (χ4n) is 4.85. The molecule has 140 valence electrons. The number of imidazole rings is 1. The number of fused-ring (bicyclic) bond motifs is 3. The van der Waals surface area contributed by atoms with E-state index in [1.807, 2.05) is 0 Å². The molecule has 0 radical (unpaired) electrons. The molecule has 2 aliphatic carbocycles. The molecule has 2 bridgehead atoms. The Kier molecular flexibility index (Phi) is 3.85. The van der Waals surface area contributed by atoms with Gasteiger partial charge in [0.1, 0.15) is 24.6 Å². The highest BCUT2D eigenvalue weighted by atomic mass is 16.6. The molecule has 3 aliphatic rings. The predicted molar refractivity (Wildman–Crippen MR) is 91.2 cm³/mol. The first-order valence-electron chi connectivity index (χ1n) is 9.22. The number of ether oxygens (including phenoxy) is 1. The molecule has 4 N–H and O–H groups in total. The van der Waals surface area contributed by atoms with E-state index >= 15 is 0 Å². The van der Waals surface area contributed by atoms with Gasteiger partial charge in [-0.3, -0.25) is 4.57 Å². The van der Waals surface area contributed by atoms with E-state index in [4.69, 9.17) is 4.74 Å². The SMILES string of the molecule is OC[C@H]1O[C@@H](n2cnc3c(N[C@H]4C[C@@H]5CC[C@H]4C5)ncnc32)[C@H](O)[C@@H]1O. The average Bonchev–Trinajstić information content (AvgIpc) is 3.41. The van der Waals surface area contributed by atoms with Crippen molar-refractivity contribution >= 4 is 17.0 Å². The Morgan fingerprint density at radius 2 is 2.04 bits per heavy atom. The maximum absolute atomic E-state index is 10.3. The van der Waals surface area contributed by atoms with Crippen molar-refractivity contribution in [2.24, 2.45) is 11.8 Å². The highest BCUT2D eigenvalue weighted by molar-refractivity contribution is 5.82. The van der Waals surface area contributed by atoms with E-state index < -0.39 is 24.5 Å². The molecule has 26 heavy (non-hydrogen) atoms. The predicted octanol–water partition coefficient (Wildman–Crippen LogP) is 0.0383. The third kappa shape index (κ3) is 2.42. The van der Waals surface area contributed by atoms with Gasteiger partial charge in [-0.25, -0.2) is 15.0 Å². The number of rotatable bonds is 4. The van der Waals surface area contributed by atoms with Gasteiger partial charge >= 0.3 is 0 Å². The molecule has 0 spiro atoms. The van der Waals surface area contributed by atoms with Gasteiger partial charge in [0.15, 0.2) is 23.2 Å². The van der Waals surface area contributed by atoms with Crippen molar-refractivity contribution < 1.29 is 20.1 Å². The van der Waals surface area contributed by atoms with Crippen LogP contribution in [0.4, 0.5) is 5.82 Å². The molecule has 5 rings (SSSR count). The van der Waals surface area contributed by atoms with E-state index in [1.165, 1.54) is 38.3 Å². The molecule has 7 atom stereocenters. The lowest BCUT2D eigenvalue weighted by Crippen LogP contribution is -2.33. The van der Waals surface area contributed by atoms with E-state index in [1.54, 1.807) is 4.57 Å². The lowest BCUT2D eigenvalue weighted by Gasteiger charge is -2.23. The Balaban J connectivity index is 1.44. The zero-order valence-corrected chi connectivity index (χ0v) is 14.3. The average molecular weight is 361 g/mol. The van der Waals surface area contributed by atoms with Crippen molar-refractivity contribution in [3.05, 3.63) is 12.7 Å². The summed E-state index contributed by atoms with van der Waals surface area (Å²) in [4.78, 5) is 13.1. The summed E-state index contributed by atoms with van der Waals surface area (Å²) < 4.78 is 7.18. The Morgan fingerprint density at radius 1 is 1.15 bits per heavy atom. The molecule has 1 saturated heterocycles. The van der Waals surface area contributed by atoms with Gasteiger partial charge in [-0.05, 0) is 31.1 Å². The topological polar surface area (TPSA) is 126 Å². The van der Waals surface area contributed by atoms with Gasteiger partial charge in [0.05, 0.1) is 12.9 Å². The molecule has 2 aromatic heterocycles. The van der Waals surface area contributed by atoms with Crippen LogP contribution in [0.3, 0.4) is 0 Å². The van der Waals surface area contributed by atoms with Gasteiger partial charge in [-0.2, -0.15) is 0 Å². The van der Waals surface area contributed by atoms with Crippen LogP contribution in [0.2, 0.25) is 0 Å². The summed E-state index contributed by atoms with van der Waals surface area (Å²) in [6.07, 6.45) is 4.07. The summed E-state index contributed by atoms with van der Waals surface area (Å²) >= 11 is 0. The number of aliphatic hydroxyl groups excluding tert-OH is 3. The van der Waals surface area contributed by atoms with E-state index in [0.717, 1.165) is 5.92 Å². The van der Waals surface area contributed by atoms with Gasteiger partial charge in [-0.15, -0.1) is 0 Å². The molecule has 0 aromatic carbocycles. The second-order valence-electron chi connectivity index (χ2n) is 7.70. The minimum atomic E-state index is -1.17. The van der Waals surface area contributed by atoms with Crippen LogP contribution in [0.15, 0.2) is 12.7 Å². The first-order chi connectivity index (χ1) is 12.7. The van der Waals surface area contributed by atoms with E-state index in [0.29, 0.717) is 28.9 Å². The van der Waals surface area contributed by atoms with Crippen LogP contribution in [-0.2, 0) is 4.74 Å². The van der Waals surface area contributed by atoms with E-state index in [-0.39, 0.29) is 6.61 Å². The first-order valence-corrected chi connectivity index (χ1v) is 9.22. The first kappa shape index (κ1) is 16.4. The minimum Gasteiger partial charge on any atom is -0.394 e. The summed E-state index contributed by atoms with van der Waals surface area (Å²) in [5.74, 6) is 2.22. The molecule has 3 heterocycles. The Bertz CT molecular complexity index is 814. The molecular weight excluding hydrogens is 338 g/mol. The Hall–Kier alpha value is -1.81. The van der Waals surface area contributed by atoms with Crippen LogP contribution in [0.1, 0.15) is 31.9 Å². The van der Waals surface area contributed by atoms with Gasteiger partial charge in [0.25, 0.3) is 0 Å². The van der Waals surface area contributed by atoms with Crippen molar-refractivity contribution in [3.8, 4) is 0 Å². The quantitative estimate of drug-likeness (QED) is 0.601. The highest BCUT2D eigenvalue weighted by Gasteiger charge is 2.44.